The quantitative estimate of drug-likeness (QED) is 0.245. The molecule has 5 aromatic carbocycles. The van der Waals surface area contributed by atoms with Crippen LogP contribution in [-0.4, -0.2) is 14.1 Å². The molecule has 0 saturated carbocycles. The van der Waals surface area contributed by atoms with Gasteiger partial charge in [-0.3, -0.25) is 4.57 Å². The second-order valence-electron chi connectivity index (χ2n) is 9.64. The maximum atomic E-state index is 5.19. The number of rotatable bonds is 3. The van der Waals surface area contributed by atoms with Crippen molar-refractivity contribution >= 4 is 43.6 Å². The van der Waals surface area contributed by atoms with Gasteiger partial charge < -0.3 is 4.57 Å². The number of hydrogen-bond donors (Lipinski definition) is 0. The Bertz CT molecular complexity index is 2080. The zero-order chi connectivity index (χ0) is 25.1. The van der Waals surface area contributed by atoms with E-state index >= 15 is 0 Å². The van der Waals surface area contributed by atoms with E-state index in [9.17, 15) is 0 Å². The van der Waals surface area contributed by atoms with Crippen molar-refractivity contribution in [1.82, 2.24) is 14.1 Å². The van der Waals surface area contributed by atoms with Crippen molar-refractivity contribution in [2.75, 3.05) is 0 Å². The van der Waals surface area contributed by atoms with Gasteiger partial charge in [-0.2, -0.15) is 0 Å². The Hall–Kier alpha value is -5.15. The highest BCUT2D eigenvalue weighted by Crippen LogP contribution is 2.39. The smallest absolute Gasteiger partial charge is 0.138 e. The molecule has 0 unspecified atom stereocenters. The van der Waals surface area contributed by atoms with Gasteiger partial charge in [-0.1, -0.05) is 103 Å². The molecule has 0 N–H and O–H groups in total. The first kappa shape index (κ1) is 21.0. The van der Waals surface area contributed by atoms with Gasteiger partial charge >= 0.3 is 0 Å². The number of para-hydroxylation sites is 4. The van der Waals surface area contributed by atoms with Crippen molar-refractivity contribution in [3.63, 3.8) is 0 Å². The number of hydrogen-bond acceptors (Lipinski definition) is 1. The summed E-state index contributed by atoms with van der Waals surface area (Å²) < 4.78 is 4.74. The molecule has 8 rings (SSSR count). The molecule has 0 spiro atoms. The summed E-state index contributed by atoms with van der Waals surface area (Å²) in [5.41, 5.74) is 7.91. The zero-order valence-corrected chi connectivity index (χ0v) is 20.6. The predicted octanol–water partition coefficient (Wildman–Crippen LogP) is 8.94. The summed E-state index contributed by atoms with van der Waals surface area (Å²) in [7, 11) is 0. The fraction of sp³-hybridized carbons (Fsp3) is 0. The second-order valence-corrected chi connectivity index (χ2v) is 9.64. The lowest BCUT2D eigenvalue weighted by Gasteiger charge is -2.14. The van der Waals surface area contributed by atoms with E-state index in [1.165, 1.54) is 32.6 Å². The molecule has 178 valence electrons. The summed E-state index contributed by atoms with van der Waals surface area (Å²) >= 11 is 0. The van der Waals surface area contributed by atoms with E-state index in [1.807, 2.05) is 6.07 Å². The molecule has 0 radical (unpaired) electrons. The van der Waals surface area contributed by atoms with Gasteiger partial charge in [0, 0.05) is 27.1 Å². The van der Waals surface area contributed by atoms with Crippen LogP contribution in [0.25, 0.3) is 66.4 Å². The van der Waals surface area contributed by atoms with Crippen LogP contribution in [0.15, 0.2) is 140 Å². The maximum Gasteiger partial charge on any atom is 0.138 e. The molecule has 0 bridgehead atoms. The Morgan fingerprint density at radius 1 is 0.395 bits per heavy atom. The minimum atomic E-state index is 0.908. The number of benzene rings is 5. The monoisotopic (exact) mass is 485 g/mol. The number of aromatic nitrogens is 3. The molecular formula is C35H23N3. The van der Waals surface area contributed by atoms with Crippen LogP contribution < -0.4 is 0 Å². The average Bonchev–Trinajstić information content (AvgIpc) is 3.51. The highest BCUT2D eigenvalue weighted by molar-refractivity contribution is 6.14. The van der Waals surface area contributed by atoms with Gasteiger partial charge in [-0.05, 0) is 36.4 Å². The van der Waals surface area contributed by atoms with Crippen LogP contribution in [0, 0.1) is 0 Å². The molecule has 0 amide bonds. The first-order chi connectivity index (χ1) is 18.9. The molecule has 0 saturated heterocycles. The summed E-state index contributed by atoms with van der Waals surface area (Å²) in [5.74, 6) is 0.908. The van der Waals surface area contributed by atoms with Gasteiger partial charge in [0.2, 0.25) is 0 Å². The van der Waals surface area contributed by atoms with Crippen LogP contribution in [-0.2, 0) is 0 Å². The van der Waals surface area contributed by atoms with E-state index in [0.29, 0.717) is 0 Å². The van der Waals surface area contributed by atoms with Gasteiger partial charge in [0.15, 0.2) is 0 Å². The normalized spacial score (nSPS) is 11.7. The van der Waals surface area contributed by atoms with Gasteiger partial charge in [0.25, 0.3) is 0 Å². The standard InChI is InChI=1S/C35H23N3/c1-2-12-24(13-3-1)29-18-11-23-34(36-29)38-32-21-9-6-16-27(32)28-17-10-22-33(35(28)38)37-30-19-7-4-14-25(30)26-15-5-8-20-31(26)37/h1-23H. The van der Waals surface area contributed by atoms with Crippen molar-refractivity contribution in [1.29, 1.82) is 0 Å². The predicted molar refractivity (Wildman–Crippen MR) is 158 cm³/mol. The number of nitrogens with zero attached hydrogens (tertiary/aromatic N) is 3. The lowest BCUT2D eigenvalue weighted by Crippen LogP contribution is -2.02. The Morgan fingerprint density at radius 2 is 0.921 bits per heavy atom. The van der Waals surface area contributed by atoms with Gasteiger partial charge in [-0.25, -0.2) is 4.98 Å². The summed E-state index contributed by atoms with van der Waals surface area (Å²) in [6.45, 7) is 0. The van der Waals surface area contributed by atoms with Crippen molar-refractivity contribution in [3.8, 4) is 22.8 Å². The topological polar surface area (TPSA) is 22.8 Å². The minimum absolute atomic E-state index is 0.908. The second kappa shape index (κ2) is 8.19. The zero-order valence-electron chi connectivity index (χ0n) is 20.6. The molecule has 0 aliphatic carbocycles. The van der Waals surface area contributed by atoms with E-state index in [0.717, 1.165) is 33.8 Å². The summed E-state index contributed by atoms with van der Waals surface area (Å²) in [6.07, 6.45) is 0. The Kier molecular flexibility index (Phi) is 4.52. The maximum absolute atomic E-state index is 5.19. The van der Waals surface area contributed by atoms with E-state index in [4.69, 9.17) is 4.98 Å². The molecule has 3 nitrogen and oxygen atoms in total. The summed E-state index contributed by atoms with van der Waals surface area (Å²) in [6, 6.07) is 49.3. The molecule has 3 heterocycles. The summed E-state index contributed by atoms with van der Waals surface area (Å²) in [5, 5.41) is 4.95. The molecule has 8 aromatic rings. The molecule has 0 aliphatic heterocycles. The van der Waals surface area contributed by atoms with E-state index in [-0.39, 0.29) is 0 Å². The molecule has 3 aromatic heterocycles. The van der Waals surface area contributed by atoms with Crippen LogP contribution in [0.4, 0.5) is 0 Å². The van der Waals surface area contributed by atoms with Crippen LogP contribution in [0.1, 0.15) is 0 Å². The van der Waals surface area contributed by atoms with Crippen LogP contribution in [0.2, 0.25) is 0 Å². The Labute approximate surface area is 219 Å². The lowest BCUT2D eigenvalue weighted by atomic mass is 10.1. The minimum Gasteiger partial charge on any atom is -0.307 e. The highest BCUT2D eigenvalue weighted by Gasteiger charge is 2.20. The molecular weight excluding hydrogens is 462 g/mol. The van der Waals surface area contributed by atoms with E-state index < -0.39 is 0 Å². The van der Waals surface area contributed by atoms with Crippen molar-refractivity contribution < 1.29 is 0 Å². The van der Waals surface area contributed by atoms with Crippen LogP contribution >= 0.6 is 0 Å². The lowest BCUT2D eigenvalue weighted by molar-refractivity contribution is 1.07. The van der Waals surface area contributed by atoms with Crippen LogP contribution in [0.5, 0.6) is 0 Å². The van der Waals surface area contributed by atoms with Crippen molar-refractivity contribution in [2.24, 2.45) is 0 Å². The van der Waals surface area contributed by atoms with Gasteiger partial charge in [-0.15, -0.1) is 0 Å². The first-order valence-corrected chi connectivity index (χ1v) is 12.9. The van der Waals surface area contributed by atoms with Crippen molar-refractivity contribution in [2.45, 2.75) is 0 Å². The molecule has 0 atom stereocenters. The number of pyridine rings is 1. The molecule has 3 heteroatoms. The third kappa shape index (κ3) is 2.99. The third-order valence-corrected chi connectivity index (χ3v) is 7.53. The van der Waals surface area contributed by atoms with Gasteiger partial charge in [0.05, 0.1) is 33.4 Å². The molecule has 0 fully saturated rings. The number of fused-ring (bicyclic) bond motifs is 6. The Morgan fingerprint density at radius 3 is 1.61 bits per heavy atom. The highest BCUT2D eigenvalue weighted by atomic mass is 15.1. The Balaban J connectivity index is 1.52. The fourth-order valence-corrected chi connectivity index (χ4v) is 5.92. The fourth-order valence-electron chi connectivity index (χ4n) is 5.92. The average molecular weight is 486 g/mol. The third-order valence-electron chi connectivity index (χ3n) is 7.53. The summed E-state index contributed by atoms with van der Waals surface area (Å²) in [4.78, 5) is 5.19. The van der Waals surface area contributed by atoms with E-state index in [2.05, 4.69) is 143 Å². The largest absolute Gasteiger partial charge is 0.307 e. The van der Waals surface area contributed by atoms with Crippen molar-refractivity contribution in [3.05, 3.63) is 140 Å². The van der Waals surface area contributed by atoms with E-state index in [1.54, 1.807) is 0 Å². The van der Waals surface area contributed by atoms with Gasteiger partial charge in [0.1, 0.15) is 5.82 Å². The molecule has 38 heavy (non-hydrogen) atoms. The van der Waals surface area contributed by atoms with Crippen LogP contribution in [0.3, 0.4) is 0 Å². The molecule has 0 aliphatic rings. The SMILES string of the molecule is c1ccc(-c2cccc(-n3c4ccccc4c4cccc(-n5c6ccccc6c6ccccc65)c43)n2)cc1. The first-order valence-electron chi connectivity index (χ1n) is 12.9.